The van der Waals surface area contributed by atoms with E-state index in [0.29, 0.717) is 17.1 Å². The molecular formula is C22H23N3O4S. The summed E-state index contributed by atoms with van der Waals surface area (Å²) in [6, 6.07) is 5.13. The Morgan fingerprint density at radius 2 is 1.97 bits per heavy atom. The summed E-state index contributed by atoms with van der Waals surface area (Å²) in [5, 5.41) is 20.5. The van der Waals surface area contributed by atoms with Crippen molar-refractivity contribution in [3.63, 3.8) is 0 Å². The third-order valence-electron chi connectivity index (χ3n) is 4.79. The Kier molecular flexibility index (Phi) is 6.79. The van der Waals surface area contributed by atoms with Gasteiger partial charge in [-0.1, -0.05) is 19.4 Å². The highest BCUT2D eigenvalue weighted by Crippen LogP contribution is 2.35. The number of unbranched alkanes of at least 4 members (excludes halogenated alkanes) is 1. The molecule has 0 unspecified atom stereocenters. The molecule has 156 valence electrons. The molecule has 0 aromatic carbocycles. The van der Waals surface area contributed by atoms with E-state index in [1.807, 2.05) is 16.0 Å². The van der Waals surface area contributed by atoms with Gasteiger partial charge in [0.25, 0.3) is 0 Å². The van der Waals surface area contributed by atoms with Crippen LogP contribution in [0.15, 0.2) is 42.0 Å². The van der Waals surface area contributed by atoms with E-state index in [0.717, 1.165) is 36.3 Å². The van der Waals surface area contributed by atoms with E-state index in [4.69, 9.17) is 5.11 Å². The fourth-order valence-electron chi connectivity index (χ4n) is 3.22. The summed E-state index contributed by atoms with van der Waals surface area (Å²) in [6.45, 7) is 4.25. The van der Waals surface area contributed by atoms with Gasteiger partial charge in [0.1, 0.15) is 5.82 Å². The van der Waals surface area contributed by atoms with E-state index in [2.05, 4.69) is 16.9 Å². The van der Waals surface area contributed by atoms with Crippen molar-refractivity contribution in [2.75, 3.05) is 0 Å². The molecule has 7 nitrogen and oxygen atoms in total. The molecule has 0 radical (unpaired) electrons. The Morgan fingerprint density at radius 1 is 1.17 bits per heavy atom. The minimum atomic E-state index is -1.02. The Bertz CT molecular complexity index is 1080. The van der Waals surface area contributed by atoms with Gasteiger partial charge in [0.05, 0.1) is 40.1 Å². The maximum atomic E-state index is 11.7. The molecule has 30 heavy (non-hydrogen) atoms. The second kappa shape index (κ2) is 9.49. The summed E-state index contributed by atoms with van der Waals surface area (Å²) in [7, 11) is 0. The maximum Gasteiger partial charge on any atom is 0.337 e. The molecule has 3 aromatic heterocycles. The van der Waals surface area contributed by atoms with Crippen LogP contribution < -0.4 is 0 Å². The first-order valence-electron chi connectivity index (χ1n) is 9.66. The van der Waals surface area contributed by atoms with Crippen LogP contribution in [0.3, 0.4) is 0 Å². The van der Waals surface area contributed by atoms with Crippen LogP contribution in [0.1, 0.15) is 53.4 Å². The number of thiophene rings is 1. The van der Waals surface area contributed by atoms with Gasteiger partial charge >= 0.3 is 11.9 Å². The fraction of sp³-hybridized carbons (Fsp3) is 0.273. The lowest BCUT2D eigenvalue weighted by Crippen LogP contribution is -2.09. The van der Waals surface area contributed by atoms with E-state index in [1.54, 1.807) is 25.3 Å². The molecule has 3 aromatic rings. The van der Waals surface area contributed by atoms with Crippen molar-refractivity contribution in [1.82, 2.24) is 14.5 Å². The molecule has 0 bridgehead atoms. The lowest BCUT2D eigenvalue weighted by molar-refractivity contribution is -0.130. The van der Waals surface area contributed by atoms with Crippen LogP contribution in [0.5, 0.6) is 0 Å². The monoisotopic (exact) mass is 425 g/mol. The predicted octanol–water partition coefficient (Wildman–Crippen LogP) is 4.58. The van der Waals surface area contributed by atoms with Crippen LogP contribution in [0.4, 0.5) is 0 Å². The van der Waals surface area contributed by atoms with Crippen molar-refractivity contribution in [2.24, 2.45) is 0 Å². The topological polar surface area (TPSA) is 105 Å². The number of aliphatic carboxylic acids is 1. The van der Waals surface area contributed by atoms with Crippen molar-refractivity contribution in [3.05, 3.63) is 64.0 Å². The van der Waals surface area contributed by atoms with Crippen molar-refractivity contribution in [2.45, 2.75) is 39.7 Å². The third-order valence-corrected chi connectivity index (χ3v) is 5.74. The second-order valence-corrected chi connectivity index (χ2v) is 7.68. The third kappa shape index (κ3) is 4.49. The number of hydrogen-bond donors (Lipinski definition) is 2. The van der Waals surface area contributed by atoms with Crippen molar-refractivity contribution >= 4 is 28.8 Å². The van der Waals surface area contributed by atoms with Crippen molar-refractivity contribution in [3.8, 4) is 11.3 Å². The van der Waals surface area contributed by atoms with E-state index in [9.17, 15) is 14.7 Å². The minimum Gasteiger partial charge on any atom is -0.478 e. The molecule has 0 aliphatic heterocycles. The average molecular weight is 426 g/mol. The predicted molar refractivity (Wildman–Crippen MR) is 116 cm³/mol. The Balaban J connectivity index is 2.05. The van der Waals surface area contributed by atoms with E-state index < -0.39 is 11.9 Å². The van der Waals surface area contributed by atoms with Crippen LogP contribution in [0.2, 0.25) is 0 Å². The van der Waals surface area contributed by atoms with E-state index in [-0.39, 0.29) is 11.1 Å². The highest BCUT2D eigenvalue weighted by atomic mass is 32.1. The smallest absolute Gasteiger partial charge is 0.337 e. The average Bonchev–Trinajstić information content (AvgIpc) is 3.34. The van der Waals surface area contributed by atoms with Crippen molar-refractivity contribution in [1.29, 1.82) is 0 Å². The van der Waals surface area contributed by atoms with Crippen LogP contribution >= 0.6 is 11.3 Å². The molecular weight excluding hydrogens is 402 g/mol. The molecule has 0 fully saturated rings. The van der Waals surface area contributed by atoms with Gasteiger partial charge in [-0.15, -0.1) is 11.3 Å². The largest absolute Gasteiger partial charge is 0.478 e. The second-order valence-electron chi connectivity index (χ2n) is 6.76. The Labute approximate surface area is 178 Å². The maximum absolute atomic E-state index is 11.7. The number of allylic oxidation sites excluding steroid dienone is 1. The molecule has 0 aliphatic carbocycles. The quantitative estimate of drug-likeness (QED) is 0.486. The number of aromatic carboxylic acids is 1. The Hall–Kier alpha value is -3.26. The first kappa shape index (κ1) is 21.4. The standard InChI is InChI=1S/C22H23N3O4S/c1-3-5-6-19-24-12-18(17-9-10-30-20(17)16(4-2)22(28)29)25(19)13-15-8-7-14(11-23-15)21(26)27/h4,7-12H,3,5-6,13H2,1-2H3,(H,26,27)(H,28,29). The lowest BCUT2D eigenvalue weighted by Gasteiger charge is -2.13. The zero-order chi connectivity index (χ0) is 21.7. The number of hydrogen-bond acceptors (Lipinski definition) is 5. The molecule has 0 atom stereocenters. The highest BCUT2D eigenvalue weighted by Gasteiger charge is 2.21. The Morgan fingerprint density at radius 3 is 2.57 bits per heavy atom. The molecule has 0 spiro atoms. The summed E-state index contributed by atoms with van der Waals surface area (Å²) in [5.41, 5.74) is 2.73. The molecule has 0 aliphatic rings. The van der Waals surface area contributed by atoms with E-state index >= 15 is 0 Å². The summed E-state index contributed by atoms with van der Waals surface area (Å²) >= 11 is 1.38. The number of aryl methyl sites for hydroxylation is 1. The zero-order valence-electron chi connectivity index (χ0n) is 16.8. The normalized spacial score (nSPS) is 11.6. The van der Waals surface area contributed by atoms with Crippen LogP contribution in [-0.2, 0) is 17.8 Å². The van der Waals surface area contributed by atoms with Gasteiger partial charge in [0, 0.05) is 18.2 Å². The number of carbonyl (C=O) groups is 2. The summed E-state index contributed by atoms with van der Waals surface area (Å²) < 4.78 is 2.04. The number of aromatic nitrogens is 3. The molecule has 8 heteroatoms. The van der Waals surface area contributed by atoms with Gasteiger partial charge in [-0.3, -0.25) is 4.98 Å². The number of rotatable bonds is 9. The number of nitrogens with zero attached hydrogens (tertiary/aromatic N) is 3. The van der Waals surface area contributed by atoms with Gasteiger partial charge in [-0.2, -0.15) is 0 Å². The van der Waals surface area contributed by atoms with Crippen molar-refractivity contribution < 1.29 is 19.8 Å². The van der Waals surface area contributed by atoms with Gasteiger partial charge in [0.15, 0.2) is 0 Å². The number of carboxylic acid groups (broad SMARTS) is 2. The van der Waals surface area contributed by atoms with Crippen LogP contribution in [0, 0.1) is 0 Å². The molecule has 3 rings (SSSR count). The molecule has 3 heterocycles. The lowest BCUT2D eigenvalue weighted by atomic mass is 10.1. The first-order chi connectivity index (χ1) is 14.5. The number of imidazole rings is 1. The minimum absolute atomic E-state index is 0.134. The summed E-state index contributed by atoms with van der Waals surface area (Å²) in [6.07, 6.45) is 7.52. The first-order valence-corrected chi connectivity index (χ1v) is 10.5. The van der Waals surface area contributed by atoms with Gasteiger partial charge in [-0.05, 0) is 36.9 Å². The van der Waals surface area contributed by atoms with Crippen LogP contribution in [0.25, 0.3) is 16.8 Å². The number of pyridine rings is 1. The molecule has 0 saturated heterocycles. The highest BCUT2D eigenvalue weighted by molar-refractivity contribution is 7.12. The van der Waals surface area contributed by atoms with E-state index in [1.165, 1.54) is 23.6 Å². The molecule has 2 N–H and O–H groups in total. The fourth-order valence-corrected chi connectivity index (χ4v) is 4.19. The molecule has 0 amide bonds. The van der Waals surface area contributed by atoms with Gasteiger partial charge < -0.3 is 14.8 Å². The number of carboxylic acids is 2. The zero-order valence-corrected chi connectivity index (χ0v) is 17.6. The summed E-state index contributed by atoms with van der Waals surface area (Å²) in [4.78, 5) is 32.3. The molecule has 0 saturated carbocycles. The summed E-state index contributed by atoms with van der Waals surface area (Å²) in [5.74, 6) is -1.09. The SMILES string of the molecule is CC=C(C(=O)O)c1sccc1-c1cnc(CCCC)n1Cc1ccc(C(=O)O)cn1. The van der Waals surface area contributed by atoms with Gasteiger partial charge in [0.2, 0.25) is 0 Å². The van der Waals surface area contributed by atoms with Gasteiger partial charge in [-0.25, -0.2) is 14.6 Å². The van der Waals surface area contributed by atoms with Crippen LogP contribution in [-0.4, -0.2) is 36.7 Å².